The van der Waals surface area contributed by atoms with E-state index in [1.165, 1.54) is 38.5 Å². The van der Waals surface area contributed by atoms with Gasteiger partial charge in [-0.05, 0) is 62.3 Å². The topological polar surface area (TPSA) is 41.5 Å². The van der Waals surface area contributed by atoms with Crippen molar-refractivity contribution in [2.24, 2.45) is 17.8 Å². The molecule has 4 fully saturated rings. The second-order valence-corrected chi connectivity index (χ2v) is 7.55. The predicted molar refractivity (Wildman–Crippen MR) is 82.4 cm³/mol. The van der Waals surface area contributed by atoms with Gasteiger partial charge < -0.3 is 15.2 Å². The van der Waals surface area contributed by atoms with Gasteiger partial charge in [-0.1, -0.05) is 6.07 Å². The highest BCUT2D eigenvalue weighted by Gasteiger charge is 2.50. The lowest BCUT2D eigenvalue weighted by Gasteiger charge is -2.57. The zero-order chi connectivity index (χ0) is 14.4. The number of nitrogens with one attached hydrogen (secondary N) is 1. The molecule has 4 aliphatic carbocycles. The number of rotatable bonds is 4. The third kappa shape index (κ3) is 2.42. The van der Waals surface area contributed by atoms with Crippen LogP contribution in [0.1, 0.15) is 44.1 Å². The average molecular weight is 287 g/mol. The minimum Gasteiger partial charge on any atom is -0.508 e. The Labute approximate surface area is 126 Å². The maximum atomic E-state index is 9.57. The van der Waals surface area contributed by atoms with Crippen molar-refractivity contribution in [1.29, 1.82) is 0 Å². The Hall–Kier alpha value is -1.22. The predicted octanol–water partition coefficient (Wildman–Crippen LogP) is 3.46. The fourth-order valence-corrected chi connectivity index (χ4v) is 5.49. The second kappa shape index (κ2) is 4.91. The molecule has 4 saturated carbocycles. The summed E-state index contributed by atoms with van der Waals surface area (Å²) >= 11 is 0. The Morgan fingerprint density at radius 1 is 1.14 bits per heavy atom. The monoisotopic (exact) mass is 287 g/mol. The van der Waals surface area contributed by atoms with Gasteiger partial charge in [-0.25, -0.2) is 0 Å². The lowest BCUT2D eigenvalue weighted by atomic mass is 9.53. The third-order valence-electron chi connectivity index (χ3n) is 5.96. The molecule has 4 bridgehead atoms. The van der Waals surface area contributed by atoms with E-state index >= 15 is 0 Å². The van der Waals surface area contributed by atoms with Crippen LogP contribution in [0.3, 0.4) is 0 Å². The van der Waals surface area contributed by atoms with Crippen molar-refractivity contribution in [2.45, 2.75) is 50.6 Å². The number of phenols is 1. The van der Waals surface area contributed by atoms with Crippen molar-refractivity contribution in [3.8, 4) is 11.5 Å². The molecule has 0 aromatic heterocycles. The quantitative estimate of drug-likeness (QED) is 0.891. The average Bonchev–Trinajstić information content (AvgIpc) is 2.44. The van der Waals surface area contributed by atoms with E-state index in [0.717, 1.165) is 35.6 Å². The molecule has 3 nitrogen and oxygen atoms in total. The van der Waals surface area contributed by atoms with Crippen LogP contribution in [0.4, 0.5) is 0 Å². The van der Waals surface area contributed by atoms with E-state index in [4.69, 9.17) is 4.74 Å². The summed E-state index contributed by atoms with van der Waals surface area (Å²) in [4.78, 5) is 0. The molecular weight excluding hydrogens is 262 g/mol. The van der Waals surface area contributed by atoms with E-state index in [9.17, 15) is 5.11 Å². The highest BCUT2D eigenvalue weighted by atomic mass is 16.5. The molecule has 4 aliphatic rings. The highest BCUT2D eigenvalue weighted by Crippen LogP contribution is 2.55. The van der Waals surface area contributed by atoms with Gasteiger partial charge in [-0.3, -0.25) is 0 Å². The number of hydrogen-bond acceptors (Lipinski definition) is 3. The Morgan fingerprint density at radius 2 is 1.76 bits per heavy atom. The first-order valence-corrected chi connectivity index (χ1v) is 8.27. The Morgan fingerprint density at radius 3 is 2.33 bits per heavy atom. The minimum atomic E-state index is 0.269. The van der Waals surface area contributed by atoms with Gasteiger partial charge in [0.15, 0.2) is 0 Å². The zero-order valence-corrected chi connectivity index (χ0v) is 12.8. The molecule has 0 heterocycles. The molecule has 21 heavy (non-hydrogen) atoms. The van der Waals surface area contributed by atoms with Crippen LogP contribution in [-0.2, 0) is 6.54 Å². The summed E-state index contributed by atoms with van der Waals surface area (Å²) in [6.07, 6.45) is 8.51. The summed E-state index contributed by atoms with van der Waals surface area (Å²) in [7, 11) is 1.67. The molecule has 0 radical (unpaired) electrons. The molecular formula is C18H25NO2. The Kier molecular flexibility index (Phi) is 3.14. The molecule has 3 heteroatoms. The van der Waals surface area contributed by atoms with Gasteiger partial charge >= 0.3 is 0 Å². The van der Waals surface area contributed by atoms with Gasteiger partial charge in [-0.2, -0.15) is 0 Å². The summed E-state index contributed by atoms with van der Waals surface area (Å²) in [6.45, 7) is 0.843. The molecule has 0 unspecified atom stereocenters. The lowest BCUT2D eigenvalue weighted by molar-refractivity contribution is -0.0206. The highest BCUT2D eigenvalue weighted by molar-refractivity contribution is 5.40. The van der Waals surface area contributed by atoms with Crippen molar-refractivity contribution in [2.75, 3.05) is 7.11 Å². The first-order valence-electron chi connectivity index (χ1n) is 8.27. The summed E-state index contributed by atoms with van der Waals surface area (Å²) in [6, 6.07) is 5.43. The van der Waals surface area contributed by atoms with E-state index in [1.807, 2.05) is 6.07 Å². The molecule has 0 saturated heterocycles. The molecule has 0 amide bonds. The SMILES string of the molecule is COc1cc(O)ccc1CNC12CC3CC(CC(C3)C1)C2. The zero-order valence-electron chi connectivity index (χ0n) is 12.8. The van der Waals surface area contributed by atoms with Crippen LogP contribution in [-0.4, -0.2) is 17.8 Å². The van der Waals surface area contributed by atoms with Crippen LogP contribution in [0.2, 0.25) is 0 Å². The van der Waals surface area contributed by atoms with Gasteiger partial charge in [0.25, 0.3) is 0 Å². The summed E-state index contributed by atoms with van der Waals surface area (Å²) in [5.74, 6) is 3.94. The van der Waals surface area contributed by atoms with Gasteiger partial charge in [0.1, 0.15) is 11.5 Å². The van der Waals surface area contributed by atoms with Crippen LogP contribution in [0.25, 0.3) is 0 Å². The van der Waals surface area contributed by atoms with Crippen molar-refractivity contribution < 1.29 is 9.84 Å². The first-order chi connectivity index (χ1) is 10.2. The fraction of sp³-hybridized carbons (Fsp3) is 0.667. The number of aromatic hydroxyl groups is 1. The largest absolute Gasteiger partial charge is 0.508 e. The lowest BCUT2D eigenvalue weighted by Crippen LogP contribution is -2.58. The van der Waals surface area contributed by atoms with Crippen LogP contribution >= 0.6 is 0 Å². The Balaban J connectivity index is 1.49. The maximum absolute atomic E-state index is 9.57. The van der Waals surface area contributed by atoms with Crippen LogP contribution in [0, 0.1) is 17.8 Å². The number of benzene rings is 1. The smallest absolute Gasteiger partial charge is 0.127 e. The fourth-order valence-electron chi connectivity index (χ4n) is 5.49. The number of methoxy groups -OCH3 is 1. The van der Waals surface area contributed by atoms with E-state index in [2.05, 4.69) is 5.32 Å². The molecule has 0 spiro atoms. The molecule has 1 aromatic carbocycles. The molecule has 1 aromatic rings. The van der Waals surface area contributed by atoms with Gasteiger partial charge in [0.2, 0.25) is 0 Å². The molecule has 0 atom stereocenters. The number of ether oxygens (including phenoxy) is 1. The summed E-state index contributed by atoms with van der Waals surface area (Å²) < 4.78 is 5.40. The maximum Gasteiger partial charge on any atom is 0.127 e. The second-order valence-electron chi connectivity index (χ2n) is 7.55. The van der Waals surface area contributed by atoms with Gasteiger partial charge in [0, 0.05) is 23.7 Å². The van der Waals surface area contributed by atoms with Crippen molar-refractivity contribution in [3.63, 3.8) is 0 Å². The Bertz CT molecular complexity index is 505. The van der Waals surface area contributed by atoms with E-state index in [-0.39, 0.29) is 5.75 Å². The van der Waals surface area contributed by atoms with Crippen molar-refractivity contribution in [1.82, 2.24) is 5.32 Å². The summed E-state index contributed by atoms with van der Waals surface area (Å²) in [5.41, 5.74) is 1.52. The summed E-state index contributed by atoms with van der Waals surface area (Å²) in [5, 5.41) is 13.4. The third-order valence-corrected chi connectivity index (χ3v) is 5.96. The van der Waals surface area contributed by atoms with E-state index in [1.54, 1.807) is 19.2 Å². The molecule has 2 N–H and O–H groups in total. The molecule has 114 valence electrons. The number of hydrogen-bond donors (Lipinski definition) is 2. The normalized spacial score (nSPS) is 36.9. The van der Waals surface area contributed by atoms with E-state index in [0.29, 0.717) is 5.54 Å². The van der Waals surface area contributed by atoms with Gasteiger partial charge in [-0.15, -0.1) is 0 Å². The van der Waals surface area contributed by atoms with E-state index < -0.39 is 0 Å². The standard InChI is InChI=1S/C18H25NO2/c1-21-17-7-16(20)3-2-15(17)11-19-18-8-12-4-13(9-18)6-14(5-12)10-18/h2-3,7,12-14,19-20H,4-6,8-11H2,1H3. The first kappa shape index (κ1) is 13.4. The van der Waals surface area contributed by atoms with Crippen LogP contribution in [0.5, 0.6) is 11.5 Å². The minimum absolute atomic E-state index is 0.269. The van der Waals surface area contributed by atoms with Crippen LogP contribution in [0.15, 0.2) is 18.2 Å². The molecule has 5 rings (SSSR count). The van der Waals surface area contributed by atoms with Crippen molar-refractivity contribution in [3.05, 3.63) is 23.8 Å². The van der Waals surface area contributed by atoms with Gasteiger partial charge in [0.05, 0.1) is 7.11 Å². The number of phenolic OH excluding ortho intramolecular Hbond substituents is 1. The van der Waals surface area contributed by atoms with Crippen molar-refractivity contribution >= 4 is 0 Å². The van der Waals surface area contributed by atoms with Crippen LogP contribution < -0.4 is 10.1 Å². The molecule has 0 aliphatic heterocycles.